The molecule has 96 valence electrons. The molecule has 0 heterocycles. The second-order valence-electron chi connectivity index (χ2n) is 4.79. The highest BCUT2D eigenvalue weighted by atomic mass is 35.5. The molecule has 2 N–H and O–H groups in total. The Labute approximate surface area is 108 Å². The van der Waals surface area contributed by atoms with Crippen molar-refractivity contribution in [3.8, 4) is 0 Å². The van der Waals surface area contributed by atoms with Crippen molar-refractivity contribution in [2.45, 2.75) is 19.3 Å². The molecule has 0 spiro atoms. The lowest BCUT2D eigenvalue weighted by molar-refractivity contribution is 0.467. The number of nitrogens with one attached hydrogen (secondary N) is 2. The molecule has 0 bridgehead atoms. The Morgan fingerprint density at radius 2 is 2.00 bits per heavy atom. The van der Waals surface area contributed by atoms with Gasteiger partial charge in [-0.05, 0) is 24.7 Å². The topological polar surface area (TPSA) is 24.1 Å². The summed E-state index contributed by atoms with van der Waals surface area (Å²) in [4.78, 5) is 0. The molecule has 0 saturated carbocycles. The molecule has 1 aromatic rings. The normalized spacial score (nSPS) is 11.8. The van der Waals surface area contributed by atoms with Crippen LogP contribution in [0.25, 0.3) is 0 Å². The molecule has 17 heavy (non-hydrogen) atoms. The van der Waals surface area contributed by atoms with Crippen LogP contribution >= 0.6 is 11.6 Å². The molecule has 0 atom stereocenters. The van der Waals surface area contributed by atoms with E-state index in [9.17, 15) is 4.39 Å². The predicted octanol–water partition coefficient (Wildman–Crippen LogP) is 2.57. The summed E-state index contributed by atoms with van der Waals surface area (Å²) in [7, 11) is 1.92. The van der Waals surface area contributed by atoms with Crippen molar-refractivity contribution in [1.82, 2.24) is 10.6 Å². The minimum atomic E-state index is -0.366. The fourth-order valence-electron chi connectivity index (χ4n) is 1.63. The summed E-state index contributed by atoms with van der Waals surface area (Å²) in [5, 5.41) is 6.62. The van der Waals surface area contributed by atoms with Crippen LogP contribution in [0.5, 0.6) is 0 Å². The Morgan fingerprint density at radius 1 is 1.29 bits per heavy atom. The molecule has 0 aliphatic heterocycles. The molecular formula is C13H20ClFN2. The van der Waals surface area contributed by atoms with Crippen LogP contribution in [0.3, 0.4) is 0 Å². The highest BCUT2D eigenvalue weighted by Crippen LogP contribution is 2.26. The first-order valence-corrected chi connectivity index (χ1v) is 6.16. The molecule has 0 amide bonds. The molecule has 0 unspecified atom stereocenters. The van der Waals surface area contributed by atoms with Crippen molar-refractivity contribution in [2.75, 3.05) is 26.7 Å². The Morgan fingerprint density at radius 3 is 2.59 bits per heavy atom. The SMILES string of the molecule is CNCCNCC(C)(C)c1ccc(F)c(Cl)c1. The van der Waals surface area contributed by atoms with Gasteiger partial charge in [0, 0.05) is 25.0 Å². The molecule has 2 nitrogen and oxygen atoms in total. The summed E-state index contributed by atoms with van der Waals surface area (Å²) in [6.45, 7) is 6.90. The summed E-state index contributed by atoms with van der Waals surface area (Å²) < 4.78 is 13.1. The Hall–Kier alpha value is -0.640. The van der Waals surface area contributed by atoms with Crippen LogP contribution in [-0.2, 0) is 5.41 Å². The Kier molecular flexibility index (Phi) is 5.37. The third-order valence-corrected chi connectivity index (χ3v) is 3.11. The van der Waals surface area contributed by atoms with Crippen LogP contribution < -0.4 is 10.6 Å². The van der Waals surface area contributed by atoms with E-state index in [2.05, 4.69) is 24.5 Å². The predicted molar refractivity (Wildman–Crippen MR) is 71.2 cm³/mol. The zero-order valence-electron chi connectivity index (χ0n) is 10.6. The number of rotatable bonds is 6. The summed E-state index contributed by atoms with van der Waals surface area (Å²) >= 11 is 5.80. The van der Waals surface area contributed by atoms with Crippen molar-refractivity contribution in [3.63, 3.8) is 0 Å². The van der Waals surface area contributed by atoms with Gasteiger partial charge in [-0.15, -0.1) is 0 Å². The fraction of sp³-hybridized carbons (Fsp3) is 0.538. The van der Waals surface area contributed by atoms with E-state index in [1.165, 1.54) is 6.07 Å². The van der Waals surface area contributed by atoms with Gasteiger partial charge in [-0.1, -0.05) is 31.5 Å². The number of halogens is 2. The highest BCUT2D eigenvalue weighted by molar-refractivity contribution is 6.30. The van der Waals surface area contributed by atoms with Crippen LogP contribution in [0, 0.1) is 5.82 Å². The first-order valence-electron chi connectivity index (χ1n) is 5.78. The molecule has 0 aliphatic rings. The zero-order valence-corrected chi connectivity index (χ0v) is 11.4. The molecule has 1 rings (SSSR count). The van der Waals surface area contributed by atoms with E-state index in [0.717, 1.165) is 25.2 Å². The van der Waals surface area contributed by atoms with E-state index in [-0.39, 0.29) is 16.3 Å². The van der Waals surface area contributed by atoms with E-state index in [0.29, 0.717) is 0 Å². The van der Waals surface area contributed by atoms with Gasteiger partial charge in [0.1, 0.15) is 5.82 Å². The molecule has 0 radical (unpaired) electrons. The zero-order chi connectivity index (χ0) is 12.9. The van der Waals surface area contributed by atoms with E-state index in [1.807, 2.05) is 7.05 Å². The van der Waals surface area contributed by atoms with Crippen LogP contribution in [0.4, 0.5) is 4.39 Å². The van der Waals surface area contributed by atoms with Crippen LogP contribution in [0.1, 0.15) is 19.4 Å². The standard InChI is InChI=1S/C13H20ClFN2/c1-13(2,9-17-7-6-16-3)10-4-5-12(15)11(14)8-10/h4-5,8,16-17H,6-7,9H2,1-3H3. The average Bonchev–Trinajstić information content (AvgIpc) is 2.28. The summed E-state index contributed by atoms with van der Waals surface area (Å²) in [5.74, 6) is -0.366. The average molecular weight is 259 g/mol. The summed E-state index contributed by atoms with van der Waals surface area (Å²) in [6, 6.07) is 4.92. The van der Waals surface area contributed by atoms with Gasteiger partial charge >= 0.3 is 0 Å². The first-order chi connectivity index (χ1) is 7.97. The monoisotopic (exact) mass is 258 g/mol. The second kappa shape index (κ2) is 6.34. The van der Waals surface area contributed by atoms with Gasteiger partial charge in [-0.2, -0.15) is 0 Å². The van der Waals surface area contributed by atoms with Crippen molar-refractivity contribution >= 4 is 11.6 Å². The van der Waals surface area contributed by atoms with Crippen LogP contribution in [0.15, 0.2) is 18.2 Å². The molecule has 0 fully saturated rings. The molecule has 4 heteroatoms. The lowest BCUT2D eigenvalue weighted by Gasteiger charge is -2.26. The number of hydrogen-bond donors (Lipinski definition) is 2. The molecular weight excluding hydrogens is 239 g/mol. The quantitative estimate of drug-likeness (QED) is 0.767. The van der Waals surface area contributed by atoms with Gasteiger partial charge in [0.05, 0.1) is 5.02 Å². The molecule has 0 aliphatic carbocycles. The van der Waals surface area contributed by atoms with Gasteiger partial charge in [0.15, 0.2) is 0 Å². The number of benzene rings is 1. The lowest BCUT2D eigenvalue weighted by Crippen LogP contribution is -2.36. The maximum absolute atomic E-state index is 13.1. The summed E-state index contributed by atoms with van der Waals surface area (Å²) in [5.41, 5.74) is 0.978. The highest BCUT2D eigenvalue weighted by Gasteiger charge is 2.20. The van der Waals surface area contributed by atoms with E-state index < -0.39 is 0 Å². The minimum absolute atomic E-state index is 0.0644. The lowest BCUT2D eigenvalue weighted by atomic mass is 9.84. The smallest absolute Gasteiger partial charge is 0.141 e. The maximum Gasteiger partial charge on any atom is 0.141 e. The van der Waals surface area contributed by atoms with Crippen LogP contribution in [0.2, 0.25) is 5.02 Å². The first kappa shape index (κ1) is 14.4. The maximum atomic E-state index is 13.1. The van der Waals surface area contributed by atoms with E-state index in [1.54, 1.807) is 12.1 Å². The number of hydrogen-bond acceptors (Lipinski definition) is 2. The van der Waals surface area contributed by atoms with Gasteiger partial charge < -0.3 is 10.6 Å². The Bertz CT molecular complexity index is 366. The third-order valence-electron chi connectivity index (χ3n) is 2.82. The van der Waals surface area contributed by atoms with Crippen molar-refractivity contribution in [1.29, 1.82) is 0 Å². The van der Waals surface area contributed by atoms with Crippen molar-refractivity contribution < 1.29 is 4.39 Å². The summed E-state index contributed by atoms with van der Waals surface area (Å²) in [6.07, 6.45) is 0. The van der Waals surface area contributed by atoms with Gasteiger partial charge in [0.25, 0.3) is 0 Å². The van der Waals surface area contributed by atoms with Crippen molar-refractivity contribution in [3.05, 3.63) is 34.6 Å². The van der Waals surface area contributed by atoms with Gasteiger partial charge in [-0.25, -0.2) is 4.39 Å². The fourth-order valence-corrected chi connectivity index (χ4v) is 1.81. The third kappa shape index (κ3) is 4.26. The minimum Gasteiger partial charge on any atom is -0.318 e. The van der Waals surface area contributed by atoms with Crippen molar-refractivity contribution in [2.24, 2.45) is 0 Å². The van der Waals surface area contributed by atoms with Gasteiger partial charge in [-0.3, -0.25) is 0 Å². The largest absolute Gasteiger partial charge is 0.318 e. The number of likely N-dealkylation sites (N-methyl/N-ethyl adjacent to an activating group) is 1. The second-order valence-corrected chi connectivity index (χ2v) is 5.20. The Balaban J connectivity index is 2.64. The molecule has 1 aromatic carbocycles. The molecule has 0 aromatic heterocycles. The van der Waals surface area contributed by atoms with E-state index in [4.69, 9.17) is 11.6 Å². The molecule has 0 saturated heterocycles. The van der Waals surface area contributed by atoms with E-state index >= 15 is 0 Å². The van der Waals surface area contributed by atoms with Gasteiger partial charge in [0.2, 0.25) is 0 Å². The van der Waals surface area contributed by atoms with Crippen LogP contribution in [-0.4, -0.2) is 26.7 Å².